The Labute approximate surface area is 132 Å². The fourth-order valence-corrected chi connectivity index (χ4v) is 2.77. The Bertz CT molecular complexity index is 504. The van der Waals surface area contributed by atoms with Crippen LogP contribution < -0.4 is 20.1 Å². The molecule has 21 heavy (non-hydrogen) atoms. The van der Waals surface area contributed by atoms with E-state index in [1.54, 1.807) is 14.2 Å². The van der Waals surface area contributed by atoms with E-state index in [2.05, 4.69) is 26.6 Å². The number of hydrogen-bond acceptors (Lipinski definition) is 5. The number of ether oxygens (including phenoxy) is 3. The van der Waals surface area contributed by atoms with Gasteiger partial charge in [-0.25, -0.2) is 0 Å². The van der Waals surface area contributed by atoms with Crippen molar-refractivity contribution in [3.63, 3.8) is 0 Å². The molecule has 0 spiro atoms. The molecule has 2 N–H and O–H groups in total. The van der Waals surface area contributed by atoms with Crippen molar-refractivity contribution in [2.45, 2.75) is 12.6 Å². The normalized spacial score (nSPS) is 18.1. The second-order valence-corrected chi connectivity index (χ2v) is 5.47. The zero-order valence-electron chi connectivity index (χ0n) is 12.1. The molecule has 1 unspecified atom stereocenters. The van der Waals surface area contributed by atoms with Gasteiger partial charge in [0.15, 0.2) is 11.5 Å². The summed E-state index contributed by atoms with van der Waals surface area (Å²) >= 11 is 3.43. The number of morpholine rings is 1. The van der Waals surface area contributed by atoms with E-state index in [9.17, 15) is 4.79 Å². The van der Waals surface area contributed by atoms with E-state index in [1.807, 2.05) is 12.1 Å². The monoisotopic (exact) mass is 358 g/mol. The van der Waals surface area contributed by atoms with Crippen molar-refractivity contribution in [3.8, 4) is 11.5 Å². The first kappa shape index (κ1) is 16.1. The summed E-state index contributed by atoms with van der Waals surface area (Å²) in [6, 6.07) is 3.45. The standard InChI is InChI=1S/C14H19BrN2O4/c1-19-12-6-9(5-10(15)13(12)20-2)7-17-14(18)11-8-21-4-3-16-11/h5-6,11,16H,3-4,7-8H2,1-2H3,(H,17,18). The highest BCUT2D eigenvalue weighted by Crippen LogP contribution is 2.36. The van der Waals surface area contributed by atoms with Crippen LogP contribution in [0.4, 0.5) is 0 Å². The van der Waals surface area contributed by atoms with Crippen LogP contribution in [0.2, 0.25) is 0 Å². The van der Waals surface area contributed by atoms with E-state index in [0.717, 1.165) is 10.0 Å². The van der Waals surface area contributed by atoms with E-state index in [1.165, 1.54) is 0 Å². The summed E-state index contributed by atoms with van der Waals surface area (Å²) < 4.78 is 16.6. The van der Waals surface area contributed by atoms with E-state index in [-0.39, 0.29) is 11.9 Å². The van der Waals surface area contributed by atoms with Gasteiger partial charge in [-0.1, -0.05) is 0 Å². The van der Waals surface area contributed by atoms with Crippen LogP contribution in [0, 0.1) is 0 Å². The molecule has 0 radical (unpaired) electrons. The van der Waals surface area contributed by atoms with Crippen molar-refractivity contribution in [3.05, 3.63) is 22.2 Å². The second kappa shape index (κ2) is 7.63. The average molecular weight is 359 g/mol. The minimum atomic E-state index is -0.290. The number of carbonyl (C=O) groups is 1. The highest BCUT2D eigenvalue weighted by molar-refractivity contribution is 9.10. The van der Waals surface area contributed by atoms with Gasteiger partial charge in [-0.05, 0) is 33.6 Å². The quantitative estimate of drug-likeness (QED) is 0.823. The molecule has 0 bridgehead atoms. The molecule has 1 aromatic rings. The molecule has 1 atom stereocenters. The molecule has 0 aromatic heterocycles. The van der Waals surface area contributed by atoms with Gasteiger partial charge in [-0.2, -0.15) is 0 Å². The lowest BCUT2D eigenvalue weighted by molar-refractivity contribution is -0.126. The van der Waals surface area contributed by atoms with E-state index in [0.29, 0.717) is 37.8 Å². The summed E-state index contributed by atoms with van der Waals surface area (Å²) in [5.74, 6) is 1.19. The molecule has 1 aliphatic rings. The molecule has 1 aromatic carbocycles. The molecule has 0 saturated carbocycles. The first-order valence-corrected chi connectivity index (χ1v) is 7.44. The summed E-state index contributed by atoms with van der Waals surface area (Å²) in [6.45, 7) is 2.16. The Hall–Kier alpha value is -1.31. The van der Waals surface area contributed by atoms with Crippen LogP contribution >= 0.6 is 15.9 Å². The Kier molecular flexibility index (Phi) is 5.84. The second-order valence-electron chi connectivity index (χ2n) is 4.61. The van der Waals surface area contributed by atoms with Crippen molar-refractivity contribution in [1.29, 1.82) is 0 Å². The van der Waals surface area contributed by atoms with E-state index >= 15 is 0 Å². The molecule has 2 rings (SSSR count). The first-order chi connectivity index (χ1) is 10.2. The van der Waals surface area contributed by atoms with Gasteiger partial charge in [0.25, 0.3) is 0 Å². The predicted molar refractivity (Wildman–Crippen MR) is 81.7 cm³/mol. The lowest BCUT2D eigenvalue weighted by Crippen LogP contribution is -2.51. The van der Waals surface area contributed by atoms with Gasteiger partial charge in [0, 0.05) is 13.1 Å². The third-order valence-corrected chi connectivity index (χ3v) is 3.79. The molecule has 0 aliphatic carbocycles. The number of hydrogen-bond donors (Lipinski definition) is 2. The smallest absolute Gasteiger partial charge is 0.239 e. The number of methoxy groups -OCH3 is 2. The Morgan fingerprint density at radius 1 is 1.48 bits per heavy atom. The van der Waals surface area contributed by atoms with E-state index in [4.69, 9.17) is 14.2 Å². The lowest BCUT2D eigenvalue weighted by Gasteiger charge is -2.23. The topological polar surface area (TPSA) is 68.8 Å². The van der Waals surface area contributed by atoms with Crippen LogP contribution in [-0.4, -0.2) is 45.9 Å². The van der Waals surface area contributed by atoms with Crippen LogP contribution in [0.3, 0.4) is 0 Å². The summed E-state index contributed by atoms with van der Waals surface area (Å²) in [7, 11) is 3.16. The molecule has 1 amide bonds. The molecule has 7 heteroatoms. The number of amides is 1. The van der Waals surface area contributed by atoms with Crippen molar-refractivity contribution in [1.82, 2.24) is 10.6 Å². The fraction of sp³-hybridized carbons (Fsp3) is 0.500. The Balaban J connectivity index is 1.99. The van der Waals surface area contributed by atoms with Gasteiger partial charge >= 0.3 is 0 Å². The zero-order chi connectivity index (χ0) is 15.2. The van der Waals surface area contributed by atoms with Crippen molar-refractivity contribution in [2.24, 2.45) is 0 Å². The van der Waals surface area contributed by atoms with Crippen LogP contribution in [-0.2, 0) is 16.1 Å². The summed E-state index contributed by atoms with van der Waals surface area (Å²) in [5.41, 5.74) is 0.921. The Morgan fingerprint density at radius 2 is 2.29 bits per heavy atom. The largest absolute Gasteiger partial charge is 0.493 e. The molecule has 1 fully saturated rings. The summed E-state index contributed by atoms with van der Waals surface area (Å²) in [5, 5.41) is 6.00. The fourth-order valence-electron chi connectivity index (χ4n) is 2.12. The average Bonchev–Trinajstić information content (AvgIpc) is 2.52. The van der Waals surface area contributed by atoms with Gasteiger partial charge in [0.1, 0.15) is 6.04 Å². The maximum atomic E-state index is 12.0. The van der Waals surface area contributed by atoms with Crippen LogP contribution in [0.5, 0.6) is 11.5 Å². The van der Waals surface area contributed by atoms with Crippen LogP contribution in [0.1, 0.15) is 5.56 Å². The predicted octanol–water partition coefficient (Wildman–Crippen LogP) is 1.07. The number of benzene rings is 1. The zero-order valence-corrected chi connectivity index (χ0v) is 13.7. The van der Waals surface area contributed by atoms with Gasteiger partial charge in [0.2, 0.25) is 5.91 Å². The lowest BCUT2D eigenvalue weighted by atomic mass is 10.2. The molecule has 6 nitrogen and oxygen atoms in total. The molecule has 1 heterocycles. The molecule has 1 aliphatic heterocycles. The highest BCUT2D eigenvalue weighted by Gasteiger charge is 2.21. The maximum Gasteiger partial charge on any atom is 0.239 e. The molecule has 1 saturated heterocycles. The van der Waals surface area contributed by atoms with Gasteiger partial charge in [0.05, 0.1) is 31.9 Å². The summed E-state index contributed by atoms with van der Waals surface area (Å²) in [4.78, 5) is 12.0. The van der Waals surface area contributed by atoms with Gasteiger partial charge in [-0.15, -0.1) is 0 Å². The summed E-state index contributed by atoms with van der Waals surface area (Å²) in [6.07, 6.45) is 0. The number of nitrogens with one attached hydrogen (secondary N) is 2. The SMILES string of the molecule is COc1cc(CNC(=O)C2COCCN2)cc(Br)c1OC. The van der Waals surface area contributed by atoms with Crippen LogP contribution in [0.15, 0.2) is 16.6 Å². The van der Waals surface area contributed by atoms with Gasteiger partial charge < -0.3 is 24.8 Å². The minimum absolute atomic E-state index is 0.0689. The van der Waals surface area contributed by atoms with Crippen molar-refractivity contribution >= 4 is 21.8 Å². The maximum absolute atomic E-state index is 12.0. The number of rotatable bonds is 5. The van der Waals surface area contributed by atoms with Crippen molar-refractivity contribution < 1.29 is 19.0 Å². The third-order valence-electron chi connectivity index (χ3n) is 3.20. The number of halogens is 1. The molecular weight excluding hydrogens is 340 g/mol. The first-order valence-electron chi connectivity index (χ1n) is 6.65. The molecular formula is C14H19BrN2O4. The Morgan fingerprint density at radius 3 is 2.90 bits per heavy atom. The van der Waals surface area contributed by atoms with E-state index < -0.39 is 0 Å². The number of carbonyl (C=O) groups excluding carboxylic acids is 1. The third kappa shape index (κ3) is 4.09. The van der Waals surface area contributed by atoms with Crippen molar-refractivity contribution in [2.75, 3.05) is 34.0 Å². The van der Waals surface area contributed by atoms with Gasteiger partial charge in [-0.3, -0.25) is 4.79 Å². The highest BCUT2D eigenvalue weighted by atomic mass is 79.9. The minimum Gasteiger partial charge on any atom is -0.493 e. The molecule has 116 valence electrons. The van der Waals surface area contributed by atoms with Crippen LogP contribution in [0.25, 0.3) is 0 Å².